The molecule has 4 atom stereocenters. The van der Waals surface area contributed by atoms with E-state index >= 15 is 0 Å². The fourth-order valence-corrected chi connectivity index (χ4v) is 5.57. The second-order valence-corrected chi connectivity index (χ2v) is 9.38. The van der Waals surface area contributed by atoms with E-state index in [-0.39, 0.29) is 6.17 Å². The molecule has 2 aromatic heterocycles. The number of fused-ring (bicyclic) bond motifs is 3. The Balaban J connectivity index is 1.18. The Labute approximate surface area is 178 Å². The number of benzene rings is 2. The maximum Gasteiger partial charge on any atom is 0.279 e. The van der Waals surface area contributed by atoms with Crippen molar-refractivity contribution in [1.29, 1.82) is 0 Å². The summed E-state index contributed by atoms with van der Waals surface area (Å²) in [5.74, 6) is 2.21. The summed E-state index contributed by atoms with van der Waals surface area (Å²) in [7, 11) is 0. The van der Waals surface area contributed by atoms with Gasteiger partial charge in [-0.2, -0.15) is 0 Å². The van der Waals surface area contributed by atoms with Crippen LogP contribution in [0, 0.1) is 11.8 Å². The maximum absolute atomic E-state index is 10.0. The number of aromatic nitrogens is 2. The van der Waals surface area contributed by atoms with E-state index in [9.17, 15) is 5.11 Å². The molecule has 0 spiro atoms. The van der Waals surface area contributed by atoms with Crippen molar-refractivity contribution in [2.75, 3.05) is 6.54 Å². The summed E-state index contributed by atoms with van der Waals surface area (Å²) in [5.41, 5.74) is 3.24. The molecule has 7 heteroatoms. The lowest BCUT2D eigenvalue weighted by atomic mass is 10.1. The van der Waals surface area contributed by atoms with Gasteiger partial charge in [-0.3, -0.25) is 10.2 Å². The molecule has 2 aromatic carbocycles. The summed E-state index contributed by atoms with van der Waals surface area (Å²) in [4.78, 5) is 10.1. The van der Waals surface area contributed by atoms with E-state index in [1.165, 1.54) is 17.4 Å². The molecule has 4 aromatic rings. The number of thiazole rings is 1. The summed E-state index contributed by atoms with van der Waals surface area (Å²) >= 11 is 1.55. The molecule has 2 fully saturated rings. The van der Waals surface area contributed by atoms with Gasteiger partial charge in [0, 0.05) is 36.3 Å². The van der Waals surface area contributed by atoms with E-state index in [2.05, 4.69) is 38.5 Å². The molecule has 0 radical (unpaired) electrons. The number of aliphatic hydroxyl groups is 1. The summed E-state index contributed by atoms with van der Waals surface area (Å²) in [6.45, 7) is 3.63. The topological polar surface area (TPSA) is 73.4 Å². The van der Waals surface area contributed by atoms with Gasteiger partial charge in [0.15, 0.2) is 0 Å². The molecule has 2 aliphatic rings. The van der Waals surface area contributed by atoms with Crippen molar-refractivity contribution in [3.63, 3.8) is 0 Å². The van der Waals surface area contributed by atoms with Gasteiger partial charge in [-0.15, -0.1) is 0 Å². The van der Waals surface area contributed by atoms with Gasteiger partial charge in [0.1, 0.15) is 12.0 Å². The van der Waals surface area contributed by atoms with Gasteiger partial charge in [0.05, 0.1) is 16.4 Å². The van der Waals surface area contributed by atoms with Gasteiger partial charge in [-0.25, -0.2) is 4.98 Å². The van der Waals surface area contributed by atoms with Crippen LogP contribution in [-0.4, -0.2) is 38.9 Å². The van der Waals surface area contributed by atoms with Crippen molar-refractivity contribution in [1.82, 2.24) is 20.2 Å². The van der Waals surface area contributed by atoms with Crippen LogP contribution in [0.25, 0.3) is 21.1 Å². The molecule has 1 saturated heterocycles. The summed E-state index contributed by atoms with van der Waals surface area (Å²) < 4.78 is 7.14. The lowest BCUT2D eigenvalue weighted by Crippen LogP contribution is -2.48. The molecule has 0 bridgehead atoms. The van der Waals surface area contributed by atoms with Crippen LogP contribution in [-0.2, 0) is 6.54 Å². The van der Waals surface area contributed by atoms with Gasteiger partial charge in [-0.05, 0) is 55.0 Å². The summed E-state index contributed by atoms with van der Waals surface area (Å²) in [6, 6.07) is 14.2. The first-order valence-electron chi connectivity index (χ1n) is 10.5. The number of ether oxygens (including phenoxy) is 1. The van der Waals surface area contributed by atoms with Crippen LogP contribution in [0.5, 0.6) is 10.9 Å². The molecule has 3 N–H and O–H groups in total. The normalized spacial score (nSPS) is 24.4. The minimum atomic E-state index is -0.402. The zero-order valence-electron chi connectivity index (χ0n) is 16.7. The Kier molecular flexibility index (Phi) is 4.31. The van der Waals surface area contributed by atoms with E-state index in [4.69, 9.17) is 4.74 Å². The number of hydrogen-bond acceptors (Lipinski definition) is 6. The molecule has 3 heterocycles. The Hall–Kier alpha value is -2.45. The number of H-pyrrole nitrogens is 1. The number of para-hydroxylation sites is 1. The van der Waals surface area contributed by atoms with E-state index in [1.54, 1.807) is 11.3 Å². The lowest BCUT2D eigenvalue weighted by molar-refractivity contribution is -0.0113. The highest BCUT2D eigenvalue weighted by Crippen LogP contribution is 2.49. The Morgan fingerprint density at radius 3 is 3.10 bits per heavy atom. The third kappa shape index (κ3) is 3.18. The first-order valence-corrected chi connectivity index (χ1v) is 11.3. The smallest absolute Gasteiger partial charge is 0.279 e. The molecule has 30 heavy (non-hydrogen) atoms. The van der Waals surface area contributed by atoms with Gasteiger partial charge in [-0.1, -0.05) is 23.5 Å². The quantitative estimate of drug-likeness (QED) is 0.434. The van der Waals surface area contributed by atoms with E-state index in [1.807, 2.05) is 37.3 Å². The molecule has 6 rings (SSSR count). The van der Waals surface area contributed by atoms with Crippen LogP contribution in [0.2, 0.25) is 0 Å². The molecule has 154 valence electrons. The second-order valence-electron chi connectivity index (χ2n) is 8.38. The highest BCUT2D eigenvalue weighted by molar-refractivity contribution is 7.20. The van der Waals surface area contributed by atoms with Crippen molar-refractivity contribution in [2.24, 2.45) is 11.8 Å². The number of hydrogen-bond donors (Lipinski definition) is 3. The minimum absolute atomic E-state index is 0.265. The summed E-state index contributed by atoms with van der Waals surface area (Å²) in [5, 5.41) is 15.6. The number of aliphatic hydroxyl groups excluding tert-OH is 1. The number of nitrogens with zero attached hydrogens (tertiary/aromatic N) is 2. The standard InChI is InChI=1S/C23H24N4O2S/c1-13(28)27-12-14-8-18(14)22(27)25-11-15-10-24-20-9-16(6-7-17(15)20)29-23-26-19-4-2-3-5-21(19)30-23/h2-7,9-10,13-14,18,22,24-25,28H,8,11-12H2,1H3/t13?,14?,18-,22?/m1/s1. The molecule has 3 unspecified atom stereocenters. The Morgan fingerprint density at radius 2 is 2.23 bits per heavy atom. The molecule has 0 amide bonds. The SMILES string of the molecule is CC(O)N1CC2C[C@H]2C1NCc1c[nH]c2cc(Oc3nc4ccccc4s3)ccc12. The fourth-order valence-electron chi connectivity index (χ4n) is 4.74. The van der Waals surface area contributed by atoms with Crippen molar-refractivity contribution in [2.45, 2.75) is 32.3 Å². The average Bonchev–Trinajstić information content (AvgIpc) is 3.07. The van der Waals surface area contributed by atoms with Gasteiger partial charge < -0.3 is 14.8 Å². The van der Waals surface area contributed by atoms with Crippen molar-refractivity contribution in [3.8, 4) is 10.9 Å². The highest BCUT2D eigenvalue weighted by Gasteiger charge is 2.53. The zero-order chi connectivity index (χ0) is 20.2. The lowest BCUT2D eigenvalue weighted by Gasteiger charge is -2.30. The van der Waals surface area contributed by atoms with Crippen molar-refractivity contribution in [3.05, 3.63) is 54.2 Å². The monoisotopic (exact) mass is 420 g/mol. The van der Waals surface area contributed by atoms with E-state index in [0.29, 0.717) is 11.1 Å². The first-order chi connectivity index (χ1) is 14.7. The van der Waals surface area contributed by atoms with Gasteiger partial charge in [0.25, 0.3) is 5.19 Å². The molecular weight excluding hydrogens is 396 g/mol. The van der Waals surface area contributed by atoms with Crippen molar-refractivity contribution >= 4 is 32.5 Å². The zero-order valence-corrected chi connectivity index (χ0v) is 17.5. The van der Waals surface area contributed by atoms with Crippen LogP contribution >= 0.6 is 11.3 Å². The molecule has 1 aliphatic heterocycles. The second kappa shape index (κ2) is 7.06. The summed E-state index contributed by atoms with van der Waals surface area (Å²) in [6.07, 6.45) is 3.20. The van der Waals surface area contributed by atoms with Crippen LogP contribution in [0.1, 0.15) is 18.9 Å². The predicted molar refractivity (Wildman–Crippen MR) is 119 cm³/mol. The number of piperidine rings is 1. The molecular formula is C23H24N4O2S. The number of likely N-dealkylation sites (tertiary alicyclic amines) is 1. The third-order valence-corrected chi connectivity index (χ3v) is 7.30. The molecule has 6 nitrogen and oxygen atoms in total. The minimum Gasteiger partial charge on any atom is -0.431 e. The average molecular weight is 421 g/mol. The Bertz CT molecular complexity index is 1180. The largest absolute Gasteiger partial charge is 0.431 e. The third-order valence-electron chi connectivity index (χ3n) is 6.39. The van der Waals surface area contributed by atoms with Crippen LogP contribution in [0.4, 0.5) is 0 Å². The fraction of sp³-hybridized carbons (Fsp3) is 0.348. The Morgan fingerprint density at radius 1 is 1.33 bits per heavy atom. The van der Waals surface area contributed by atoms with Crippen LogP contribution < -0.4 is 10.1 Å². The number of aromatic amines is 1. The van der Waals surface area contributed by atoms with Gasteiger partial charge >= 0.3 is 0 Å². The van der Waals surface area contributed by atoms with Crippen LogP contribution in [0.3, 0.4) is 0 Å². The predicted octanol–water partition coefficient (Wildman–Crippen LogP) is 4.28. The first kappa shape index (κ1) is 18.3. The maximum atomic E-state index is 10.0. The highest BCUT2D eigenvalue weighted by atomic mass is 32.1. The number of nitrogens with one attached hydrogen (secondary N) is 2. The molecule has 1 aliphatic carbocycles. The van der Waals surface area contributed by atoms with Crippen molar-refractivity contribution < 1.29 is 9.84 Å². The van der Waals surface area contributed by atoms with E-state index in [0.717, 1.165) is 40.5 Å². The van der Waals surface area contributed by atoms with Gasteiger partial charge in [0.2, 0.25) is 0 Å². The number of rotatable bonds is 6. The molecule has 1 saturated carbocycles. The van der Waals surface area contributed by atoms with E-state index < -0.39 is 6.23 Å². The van der Waals surface area contributed by atoms with Crippen LogP contribution in [0.15, 0.2) is 48.7 Å².